The van der Waals surface area contributed by atoms with E-state index in [1.165, 1.54) is 6.92 Å². The minimum Gasteiger partial charge on any atom is -0.451 e. The number of carbonyl (C=O) groups is 2. The van der Waals surface area contributed by atoms with E-state index in [4.69, 9.17) is 4.74 Å². The van der Waals surface area contributed by atoms with Gasteiger partial charge in [0.1, 0.15) is 0 Å². The number of hydrogen-bond donors (Lipinski definition) is 0. The molecule has 2 bridgehead atoms. The molecule has 0 radical (unpaired) electrons. The molecule has 0 aromatic rings. The lowest BCUT2D eigenvalue weighted by molar-refractivity contribution is -0.184. The van der Waals surface area contributed by atoms with Gasteiger partial charge in [-0.3, -0.25) is 9.59 Å². The molecule has 0 spiro atoms. The standard InChI is InChI=1S/C15H18O3/c1-9(16)18-15(3)12-7-8-14(2,13(15)17)11-6-4-5-10(11)12/h4,6-8,10-12H,5H2,1-3H3/t10-,11+,12-,14+,15+/m1/s1. The van der Waals surface area contributed by atoms with Crippen LogP contribution in [-0.2, 0) is 14.3 Å². The van der Waals surface area contributed by atoms with Crippen molar-refractivity contribution in [2.45, 2.75) is 32.8 Å². The van der Waals surface area contributed by atoms with Crippen molar-refractivity contribution >= 4 is 11.8 Å². The van der Waals surface area contributed by atoms with E-state index in [2.05, 4.69) is 18.2 Å². The van der Waals surface area contributed by atoms with Crippen molar-refractivity contribution in [2.75, 3.05) is 0 Å². The van der Waals surface area contributed by atoms with E-state index < -0.39 is 11.0 Å². The lowest BCUT2D eigenvalue weighted by Crippen LogP contribution is -2.64. The van der Waals surface area contributed by atoms with Gasteiger partial charge >= 0.3 is 5.97 Å². The number of ketones is 1. The summed E-state index contributed by atoms with van der Waals surface area (Å²) in [6.07, 6.45) is 9.38. The third-order valence-corrected chi connectivity index (χ3v) is 4.95. The fourth-order valence-electron chi connectivity index (χ4n) is 4.16. The maximum absolute atomic E-state index is 12.7. The van der Waals surface area contributed by atoms with Gasteiger partial charge in [-0.1, -0.05) is 24.3 Å². The molecule has 1 fully saturated rings. The predicted octanol–water partition coefficient (Wildman–Crippen LogP) is 2.28. The lowest BCUT2D eigenvalue weighted by atomic mass is 9.50. The number of allylic oxidation sites excluding steroid dienone is 3. The van der Waals surface area contributed by atoms with Crippen LogP contribution in [0.2, 0.25) is 0 Å². The van der Waals surface area contributed by atoms with Crippen LogP contribution in [0.25, 0.3) is 0 Å². The van der Waals surface area contributed by atoms with Gasteiger partial charge < -0.3 is 4.74 Å². The van der Waals surface area contributed by atoms with Gasteiger partial charge in [0.25, 0.3) is 0 Å². The van der Waals surface area contributed by atoms with Crippen LogP contribution in [0.15, 0.2) is 24.3 Å². The predicted molar refractivity (Wildman–Crippen MR) is 66.7 cm³/mol. The van der Waals surface area contributed by atoms with E-state index in [0.717, 1.165) is 6.42 Å². The summed E-state index contributed by atoms with van der Waals surface area (Å²) in [6, 6.07) is 0. The zero-order chi connectivity index (χ0) is 13.1. The van der Waals surface area contributed by atoms with Gasteiger partial charge in [-0.15, -0.1) is 0 Å². The molecule has 0 aliphatic heterocycles. The Hall–Kier alpha value is -1.38. The van der Waals surface area contributed by atoms with Gasteiger partial charge in [0.05, 0.1) is 5.41 Å². The molecule has 3 nitrogen and oxygen atoms in total. The Balaban J connectivity index is 2.10. The molecule has 4 aliphatic rings. The highest BCUT2D eigenvalue weighted by molar-refractivity contribution is 5.98. The molecule has 4 rings (SSSR count). The van der Waals surface area contributed by atoms with Gasteiger partial charge in [0.15, 0.2) is 11.4 Å². The highest BCUT2D eigenvalue weighted by Crippen LogP contribution is 2.58. The van der Waals surface area contributed by atoms with E-state index in [0.29, 0.717) is 5.92 Å². The summed E-state index contributed by atoms with van der Waals surface area (Å²) >= 11 is 0. The first-order chi connectivity index (χ1) is 8.39. The van der Waals surface area contributed by atoms with Crippen LogP contribution in [0.5, 0.6) is 0 Å². The van der Waals surface area contributed by atoms with Gasteiger partial charge in [0.2, 0.25) is 0 Å². The molecule has 0 N–H and O–H groups in total. The van der Waals surface area contributed by atoms with Crippen LogP contribution in [0.4, 0.5) is 0 Å². The van der Waals surface area contributed by atoms with Crippen LogP contribution in [0, 0.1) is 23.2 Å². The summed E-state index contributed by atoms with van der Waals surface area (Å²) < 4.78 is 5.43. The van der Waals surface area contributed by atoms with Crippen molar-refractivity contribution in [2.24, 2.45) is 23.2 Å². The molecule has 96 valence electrons. The van der Waals surface area contributed by atoms with Crippen LogP contribution >= 0.6 is 0 Å². The molecular weight excluding hydrogens is 228 g/mol. The summed E-state index contributed by atoms with van der Waals surface area (Å²) in [5, 5.41) is 0. The first kappa shape index (κ1) is 11.7. The van der Waals surface area contributed by atoms with E-state index in [9.17, 15) is 9.59 Å². The lowest BCUT2D eigenvalue weighted by Gasteiger charge is -2.55. The smallest absolute Gasteiger partial charge is 0.303 e. The van der Waals surface area contributed by atoms with Crippen LogP contribution in [0.3, 0.4) is 0 Å². The third-order valence-electron chi connectivity index (χ3n) is 4.95. The molecule has 0 aromatic heterocycles. The Morgan fingerprint density at radius 3 is 2.72 bits per heavy atom. The SMILES string of the molecule is CC(=O)O[C@]1(C)C(=O)[C@@]2(C)C=C[C@@H]1[C@@H]1CC=C[C@@H]12. The topological polar surface area (TPSA) is 43.4 Å². The molecule has 0 saturated heterocycles. The Labute approximate surface area is 107 Å². The van der Waals surface area contributed by atoms with Gasteiger partial charge in [-0.05, 0) is 32.1 Å². The first-order valence-corrected chi connectivity index (χ1v) is 6.50. The monoisotopic (exact) mass is 246 g/mol. The average molecular weight is 246 g/mol. The van der Waals surface area contributed by atoms with E-state index in [-0.39, 0.29) is 23.6 Å². The fraction of sp³-hybridized carbons (Fsp3) is 0.600. The second-order valence-electron chi connectivity index (χ2n) is 6.05. The van der Waals surface area contributed by atoms with E-state index in [1.807, 2.05) is 13.0 Å². The van der Waals surface area contributed by atoms with Crippen LogP contribution in [0.1, 0.15) is 27.2 Å². The second kappa shape index (κ2) is 3.34. The summed E-state index contributed by atoms with van der Waals surface area (Å²) in [4.78, 5) is 24.1. The molecule has 4 aliphatic carbocycles. The normalized spacial score (nSPS) is 48.4. The number of hydrogen-bond acceptors (Lipinski definition) is 3. The number of ether oxygens (including phenoxy) is 1. The number of rotatable bonds is 1. The molecule has 3 heteroatoms. The zero-order valence-corrected chi connectivity index (χ0v) is 11.0. The molecule has 5 atom stereocenters. The summed E-state index contributed by atoms with van der Waals surface area (Å²) in [7, 11) is 0. The summed E-state index contributed by atoms with van der Waals surface area (Å²) in [5.41, 5.74) is -1.50. The molecule has 18 heavy (non-hydrogen) atoms. The Morgan fingerprint density at radius 1 is 1.33 bits per heavy atom. The maximum atomic E-state index is 12.7. The van der Waals surface area contributed by atoms with Crippen molar-refractivity contribution in [3.05, 3.63) is 24.3 Å². The Morgan fingerprint density at radius 2 is 2.06 bits per heavy atom. The average Bonchev–Trinajstić information content (AvgIpc) is 2.75. The van der Waals surface area contributed by atoms with Crippen molar-refractivity contribution in [3.8, 4) is 0 Å². The zero-order valence-electron chi connectivity index (χ0n) is 11.0. The first-order valence-electron chi connectivity index (χ1n) is 6.50. The Bertz CT molecular complexity index is 490. The highest BCUT2D eigenvalue weighted by Gasteiger charge is 2.64. The number of carbonyl (C=O) groups excluding carboxylic acids is 2. The van der Waals surface area contributed by atoms with Crippen molar-refractivity contribution < 1.29 is 14.3 Å². The third kappa shape index (κ3) is 1.20. The Kier molecular flexibility index (Phi) is 2.17. The second-order valence-corrected chi connectivity index (χ2v) is 6.05. The molecule has 1 saturated carbocycles. The molecule has 0 unspecified atom stereocenters. The minimum atomic E-state index is -0.984. The van der Waals surface area contributed by atoms with E-state index >= 15 is 0 Å². The summed E-state index contributed by atoms with van der Waals surface area (Å²) in [6.45, 7) is 5.12. The molecule has 0 heterocycles. The van der Waals surface area contributed by atoms with Crippen LogP contribution in [-0.4, -0.2) is 17.4 Å². The van der Waals surface area contributed by atoms with Crippen molar-refractivity contribution in [1.82, 2.24) is 0 Å². The number of Topliss-reactive ketones (excluding diaryl/α,β-unsaturated/α-hetero) is 1. The quantitative estimate of drug-likeness (QED) is 0.526. The van der Waals surface area contributed by atoms with Gasteiger partial charge in [-0.25, -0.2) is 0 Å². The fourth-order valence-corrected chi connectivity index (χ4v) is 4.16. The van der Waals surface area contributed by atoms with Gasteiger partial charge in [-0.2, -0.15) is 0 Å². The van der Waals surface area contributed by atoms with Crippen molar-refractivity contribution in [3.63, 3.8) is 0 Å². The number of fused-ring (bicyclic) bond motifs is 1. The number of esters is 1. The van der Waals surface area contributed by atoms with Crippen LogP contribution < -0.4 is 0 Å². The maximum Gasteiger partial charge on any atom is 0.303 e. The van der Waals surface area contributed by atoms with Crippen molar-refractivity contribution in [1.29, 1.82) is 0 Å². The van der Waals surface area contributed by atoms with E-state index in [1.54, 1.807) is 6.92 Å². The largest absolute Gasteiger partial charge is 0.451 e. The minimum absolute atomic E-state index is 0.00993. The molecular formula is C15H18O3. The molecule has 0 aromatic carbocycles. The van der Waals surface area contributed by atoms with Gasteiger partial charge in [0, 0.05) is 12.8 Å². The highest BCUT2D eigenvalue weighted by atomic mass is 16.6. The molecule has 0 amide bonds. The summed E-state index contributed by atoms with van der Waals surface area (Å²) in [5.74, 6) is 0.338.